The average Bonchev–Trinajstić information content (AvgIpc) is 2.50. The van der Waals surface area contributed by atoms with Crippen molar-refractivity contribution in [1.82, 2.24) is 5.43 Å². The second-order valence-corrected chi connectivity index (χ2v) is 5.98. The Bertz CT molecular complexity index is 359. The summed E-state index contributed by atoms with van der Waals surface area (Å²) in [4.78, 5) is 12.8. The number of halogens is 1. The highest BCUT2D eigenvalue weighted by molar-refractivity contribution is 9.11. The molecule has 1 aromatic rings. The summed E-state index contributed by atoms with van der Waals surface area (Å²) < 4.78 is 1.06. The lowest BCUT2D eigenvalue weighted by atomic mass is 9.67. The highest BCUT2D eigenvalue weighted by Crippen LogP contribution is 2.47. The minimum absolute atomic E-state index is 0.0573. The molecule has 1 aromatic heterocycles. The van der Waals surface area contributed by atoms with E-state index in [2.05, 4.69) is 21.4 Å². The Morgan fingerprint density at radius 2 is 2.29 bits per heavy atom. The van der Waals surface area contributed by atoms with Crippen molar-refractivity contribution < 1.29 is 4.79 Å². The van der Waals surface area contributed by atoms with E-state index in [0.717, 1.165) is 27.9 Å². The molecule has 0 aliphatic heterocycles. The molecule has 1 amide bonds. The number of hydrogen-bond acceptors (Lipinski definition) is 3. The van der Waals surface area contributed by atoms with Gasteiger partial charge in [-0.05, 0) is 40.9 Å². The molecule has 0 unspecified atom stereocenters. The number of thiophene rings is 1. The third kappa shape index (κ3) is 1.39. The van der Waals surface area contributed by atoms with Crippen molar-refractivity contribution in [3.8, 4) is 0 Å². The van der Waals surface area contributed by atoms with Crippen LogP contribution in [0.4, 0.5) is 0 Å². The van der Waals surface area contributed by atoms with Crippen molar-refractivity contribution in [1.29, 1.82) is 0 Å². The zero-order valence-corrected chi connectivity index (χ0v) is 9.95. The monoisotopic (exact) mass is 274 g/mol. The number of hydrazine groups is 1. The fraction of sp³-hybridized carbons (Fsp3) is 0.444. The molecule has 3 N–H and O–H groups in total. The molecule has 1 fully saturated rings. The van der Waals surface area contributed by atoms with Crippen LogP contribution < -0.4 is 11.3 Å². The van der Waals surface area contributed by atoms with Gasteiger partial charge in [-0.25, -0.2) is 5.84 Å². The van der Waals surface area contributed by atoms with Crippen LogP contribution in [-0.4, -0.2) is 5.91 Å². The van der Waals surface area contributed by atoms with Gasteiger partial charge in [-0.1, -0.05) is 6.42 Å². The van der Waals surface area contributed by atoms with Gasteiger partial charge in [0, 0.05) is 4.88 Å². The second kappa shape index (κ2) is 3.64. The van der Waals surface area contributed by atoms with E-state index in [1.54, 1.807) is 11.3 Å². The van der Waals surface area contributed by atoms with E-state index in [1.165, 1.54) is 0 Å². The van der Waals surface area contributed by atoms with Crippen LogP contribution in [-0.2, 0) is 10.2 Å². The molecule has 1 saturated carbocycles. The molecule has 0 radical (unpaired) electrons. The molecule has 1 heterocycles. The Hall–Kier alpha value is -0.390. The van der Waals surface area contributed by atoms with Crippen molar-refractivity contribution in [2.45, 2.75) is 24.7 Å². The van der Waals surface area contributed by atoms with Crippen LogP contribution in [0.2, 0.25) is 0 Å². The lowest BCUT2D eigenvalue weighted by molar-refractivity contribution is -0.129. The first-order valence-electron chi connectivity index (χ1n) is 4.46. The first-order valence-corrected chi connectivity index (χ1v) is 6.07. The number of hydrogen-bond donors (Lipinski definition) is 2. The molecule has 76 valence electrons. The topological polar surface area (TPSA) is 55.1 Å². The van der Waals surface area contributed by atoms with Gasteiger partial charge in [0.05, 0.1) is 9.20 Å². The largest absolute Gasteiger partial charge is 0.293 e. The van der Waals surface area contributed by atoms with Gasteiger partial charge in [0.25, 0.3) is 0 Å². The second-order valence-electron chi connectivity index (χ2n) is 3.51. The van der Waals surface area contributed by atoms with Crippen LogP contribution in [0, 0.1) is 0 Å². The van der Waals surface area contributed by atoms with E-state index < -0.39 is 0 Å². The van der Waals surface area contributed by atoms with Crippen LogP contribution in [0.3, 0.4) is 0 Å². The zero-order valence-electron chi connectivity index (χ0n) is 7.55. The Morgan fingerprint density at radius 1 is 1.57 bits per heavy atom. The SMILES string of the molecule is NNC(=O)C1(c2ccc(Br)s2)CCC1. The maximum absolute atomic E-state index is 11.7. The minimum atomic E-state index is -0.342. The van der Waals surface area contributed by atoms with Crippen molar-refractivity contribution >= 4 is 33.2 Å². The average molecular weight is 275 g/mol. The Kier molecular flexibility index (Phi) is 2.64. The van der Waals surface area contributed by atoms with Crippen molar-refractivity contribution in [2.75, 3.05) is 0 Å². The van der Waals surface area contributed by atoms with Gasteiger partial charge in [0.2, 0.25) is 5.91 Å². The summed E-state index contributed by atoms with van der Waals surface area (Å²) in [5.74, 6) is 5.15. The van der Waals surface area contributed by atoms with Crippen LogP contribution in [0.5, 0.6) is 0 Å². The van der Waals surface area contributed by atoms with Gasteiger partial charge >= 0.3 is 0 Å². The molecule has 0 saturated heterocycles. The van der Waals surface area contributed by atoms with E-state index in [-0.39, 0.29) is 11.3 Å². The quantitative estimate of drug-likeness (QED) is 0.492. The van der Waals surface area contributed by atoms with E-state index >= 15 is 0 Å². The molecule has 1 aliphatic rings. The molecule has 0 spiro atoms. The van der Waals surface area contributed by atoms with Crippen LogP contribution in [0.1, 0.15) is 24.1 Å². The lowest BCUT2D eigenvalue weighted by Gasteiger charge is -2.38. The van der Waals surface area contributed by atoms with Crippen molar-refractivity contribution in [2.24, 2.45) is 5.84 Å². The maximum atomic E-state index is 11.7. The fourth-order valence-corrected chi connectivity index (χ4v) is 3.46. The van der Waals surface area contributed by atoms with E-state index in [9.17, 15) is 4.79 Å². The standard InChI is InChI=1S/C9H11BrN2OS/c10-7-3-2-6(14-7)9(4-1-5-9)8(13)12-11/h2-3H,1,4-5,11H2,(H,12,13). The number of rotatable bonds is 2. The maximum Gasteiger partial charge on any atom is 0.245 e. The van der Waals surface area contributed by atoms with Gasteiger partial charge in [0.1, 0.15) is 0 Å². The molecule has 2 rings (SSSR count). The highest BCUT2D eigenvalue weighted by atomic mass is 79.9. The number of amides is 1. The smallest absolute Gasteiger partial charge is 0.245 e. The molecule has 0 bridgehead atoms. The minimum Gasteiger partial charge on any atom is -0.293 e. The first kappa shape index (κ1) is 10.1. The summed E-state index contributed by atoms with van der Waals surface area (Å²) in [6, 6.07) is 3.98. The van der Waals surface area contributed by atoms with Gasteiger partial charge in [-0.15, -0.1) is 11.3 Å². The predicted octanol–water partition coefficient (Wildman–Crippen LogP) is 1.92. The molecule has 1 aliphatic carbocycles. The molecule has 0 aromatic carbocycles. The molecule has 14 heavy (non-hydrogen) atoms. The van der Waals surface area contributed by atoms with Gasteiger partial charge in [0.15, 0.2) is 0 Å². The first-order chi connectivity index (χ1) is 6.69. The zero-order chi connectivity index (χ0) is 10.2. The molecule has 0 atom stereocenters. The Labute approximate surface area is 94.8 Å². The third-order valence-corrected chi connectivity index (χ3v) is 4.65. The van der Waals surface area contributed by atoms with Gasteiger partial charge < -0.3 is 0 Å². The molecule has 3 nitrogen and oxygen atoms in total. The van der Waals surface area contributed by atoms with Crippen molar-refractivity contribution in [3.05, 3.63) is 20.8 Å². The summed E-state index contributed by atoms with van der Waals surface area (Å²) in [5, 5.41) is 0. The Balaban J connectivity index is 2.33. The van der Waals surface area contributed by atoms with Crippen molar-refractivity contribution in [3.63, 3.8) is 0 Å². The highest BCUT2D eigenvalue weighted by Gasteiger charge is 2.46. The summed E-state index contributed by atoms with van der Waals surface area (Å²) in [6.45, 7) is 0. The van der Waals surface area contributed by atoms with Crippen LogP contribution >= 0.6 is 27.3 Å². The third-order valence-electron chi connectivity index (χ3n) is 2.82. The number of nitrogens with two attached hydrogens (primary N) is 1. The normalized spacial score (nSPS) is 18.7. The van der Waals surface area contributed by atoms with Gasteiger partial charge in [-0.2, -0.15) is 0 Å². The molecule has 5 heteroatoms. The Morgan fingerprint density at radius 3 is 2.64 bits per heavy atom. The number of nitrogens with one attached hydrogen (secondary N) is 1. The number of carbonyl (C=O) groups excluding carboxylic acids is 1. The molecular formula is C9H11BrN2OS. The fourth-order valence-electron chi connectivity index (χ4n) is 1.83. The molecular weight excluding hydrogens is 264 g/mol. The summed E-state index contributed by atoms with van der Waals surface area (Å²) in [7, 11) is 0. The van der Waals surface area contributed by atoms with E-state index in [4.69, 9.17) is 5.84 Å². The van der Waals surface area contributed by atoms with E-state index in [0.29, 0.717) is 0 Å². The number of carbonyl (C=O) groups is 1. The summed E-state index contributed by atoms with van der Waals surface area (Å²) in [6.07, 6.45) is 2.91. The van der Waals surface area contributed by atoms with E-state index in [1.807, 2.05) is 12.1 Å². The van der Waals surface area contributed by atoms with Gasteiger partial charge in [-0.3, -0.25) is 10.2 Å². The van der Waals surface area contributed by atoms with Crippen LogP contribution in [0.25, 0.3) is 0 Å². The summed E-state index contributed by atoms with van der Waals surface area (Å²) in [5.41, 5.74) is 1.93. The predicted molar refractivity (Wildman–Crippen MR) is 59.9 cm³/mol. The summed E-state index contributed by atoms with van der Waals surface area (Å²) >= 11 is 5.02. The lowest BCUT2D eigenvalue weighted by Crippen LogP contribution is -2.50. The van der Waals surface area contributed by atoms with Crippen LogP contribution in [0.15, 0.2) is 15.9 Å².